The number of methoxy groups -OCH3 is 1. The summed E-state index contributed by atoms with van der Waals surface area (Å²) in [5, 5.41) is 3.01. The molecule has 180 valence electrons. The van der Waals surface area contributed by atoms with Gasteiger partial charge in [-0.3, -0.25) is 0 Å². The van der Waals surface area contributed by atoms with E-state index in [2.05, 4.69) is 17.2 Å². The smallest absolute Gasteiger partial charge is 0.355 e. The number of rotatable bonds is 9. The number of amides is 2. The third kappa shape index (κ3) is 5.98. The molecule has 3 aromatic rings. The fraction of sp³-hybridized carbons (Fsp3) is 0.333. The van der Waals surface area contributed by atoms with Gasteiger partial charge in [-0.15, -0.1) is 0 Å². The summed E-state index contributed by atoms with van der Waals surface area (Å²) in [4.78, 5) is 30.6. The molecular weight excluding hydrogens is 430 g/mol. The van der Waals surface area contributed by atoms with Gasteiger partial charge >= 0.3 is 12.0 Å². The molecule has 0 unspecified atom stereocenters. The molecule has 0 atom stereocenters. The number of hydrogen-bond acceptors (Lipinski definition) is 4. The normalized spacial score (nSPS) is 10.6. The first-order valence-electron chi connectivity index (χ1n) is 11.5. The number of aryl methyl sites for hydroxylation is 2. The van der Waals surface area contributed by atoms with E-state index in [-0.39, 0.29) is 6.03 Å². The fourth-order valence-electron chi connectivity index (χ4n) is 3.80. The van der Waals surface area contributed by atoms with E-state index in [9.17, 15) is 9.59 Å². The molecule has 1 aromatic heterocycles. The van der Waals surface area contributed by atoms with E-state index < -0.39 is 5.97 Å². The van der Waals surface area contributed by atoms with Crippen molar-refractivity contribution in [3.8, 4) is 5.75 Å². The minimum absolute atomic E-state index is 0.224. The molecule has 0 aliphatic carbocycles. The molecule has 3 rings (SSSR count). The number of ether oxygens (including phenoxy) is 2. The topological polar surface area (TPSA) is 83.7 Å². The maximum Gasteiger partial charge on any atom is 0.355 e. The highest BCUT2D eigenvalue weighted by Gasteiger charge is 2.22. The number of aromatic nitrogens is 1. The highest BCUT2D eigenvalue weighted by molar-refractivity contribution is 5.91. The van der Waals surface area contributed by atoms with Crippen LogP contribution in [-0.2, 0) is 24.2 Å². The van der Waals surface area contributed by atoms with Crippen LogP contribution in [0, 0.1) is 13.8 Å². The van der Waals surface area contributed by atoms with Gasteiger partial charge < -0.3 is 24.7 Å². The second kappa shape index (κ2) is 11.4. The van der Waals surface area contributed by atoms with Crippen molar-refractivity contribution in [2.45, 2.75) is 47.2 Å². The van der Waals surface area contributed by atoms with Gasteiger partial charge in [0.15, 0.2) is 0 Å². The number of urea groups is 1. The number of nitrogens with one attached hydrogen (secondary N) is 2. The average Bonchev–Trinajstić information content (AvgIpc) is 3.13. The van der Waals surface area contributed by atoms with E-state index in [0.717, 1.165) is 40.2 Å². The summed E-state index contributed by atoms with van der Waals surface area (Å²) in [6.45, 7) is 8.67. The van der Waals surface area contributed by atoms with Crippen molar-refractivity contribution in [2.24, 2.45) is 0 Å². The van der Waals surface area contributed by atoms with Gasteiger partial charge in [0.25, 0.3) is 0 Å². The quantitative estimate of drug-likeness (QED) is 0.404. The summed E-state index contributed by atoms with van der Waals surface area (Å²) in [6, 6.07) is 15.2. The first-order chi connectivity index (χ1) is 16.4. The van der Waals surface area contributed by atoms with E-state index in [1.54, 1.807) is 18.9 Å². The van der Waals surface area contributed by atoms with E-state index in [4.69, 9.17) is 9.47 Å². The van der Waals surface area contributed by atoms with Gasteiger partial charge in [0.2, 0.25) is 0 Å². The molecule has 0 saturated carbocycles. The zero-order valence-electron chi connectivity index (χ0n) is 20.5. The number of aromatic amines is 1. The van der Waals surface area contributed by atoms with Crippen LogP contribution in [0.3, 0.4) is 0 Å². The molecule has 34 heavy (non-hydrogen) atoms. The average molecular weight is 464 g/mol. The summed E-state index contributed by atoms with van der Waals surface area (Å²) < 4.78 is 10.4. The van der Waals surface area contributed by atoms with Crippen LogP contribution in [0.2, 0.25) is 0 Å². The standard InChI is InChI=1S/C27H33N3O4/c1-6-20-8-12-22(13-9-20)29-27(32)30(16-21-10-14-23(33-5)15-11-21)17-24-18(3)25(28-19(24)4)26(31)34-7-2/h8-15,28H,6-7,16-17H2,1-5H3,(H,29,32). The van der Waals surface area contributed by atoms with Crippen molar-refractivity contribution in [1.29, 1.82) is 0 Å². The van der Waals surface area contributed by atoms with Gasteiger partial charge in [-0.25, -0.2) is 9.59 Å². The summed E-state index contributed by atoms with van der Waals surface area (Å²) in [5.41, 5.74) is 5.85. The number of H-pyrrole nitrogens is 1. The molecule has 0 fully saturated rings. The monoisotopic (exact) mass is 463 g/mol. The summed E-state index contributed by atoms with van der Waals surface area (Å²) >= 11 is 0. The van der Waals surface area contributed by atoms with E-state index in [0.29, 0.717) is 25.4 Å². The minimum Gasteiger partial charge on any atom is -0.497 e. The van der Waals surface area contributed by atoms with Crippen LogP contribution in [0.4, 0.5) is 10.5 Å². The summed E-state index contributed by atoms with van der Waals surface area (Å²) in [5.74, 6) is 0.365. The van der Waals surface area contributed by atoms with Crippen LogP contribution in [-0.4, -0.2) is 35.6 Å². The molecule has 0 radical (unpaired) electrons. The SMILES string of the molecule is CCOC(=O)c1[nH]c(C)c(CN(Cc2ccc(OC)cc2)C(=O)Nc2ccc(CC)cc2)c1C. The predicted octanol–water partition coefficient (Wildman–Crippen LogP) is 5.61. The molecule has 2 amide bonds. The molecule has 2 aromatic carbocycles. The van der Waals surface area contributed by atoms with Crippen LogP contribution in [0.15, 0.2) is 48.5 Å². The number of carbonyl (C=O) groups is 2. The second-order valence-corrected chi connectivity index (χ2v) is 8.13. The number of benzene rings is 2. The lowest BCUT2D eigenvalue weighted by atomic mass is 10.1. The number of esters is 1. The molecule has 7 heteroatoms. The van der Waals surface area contributed by atoms with Crippen LogP contribution in [0.5, 0.6) is 5.75 Å². The molecule has 0 saturated heterocycles. The number of hydrogen-bond donors (Lipinski definition) is 2. The van der Waals surface area contributed by atoms with E-state index in [1.165, 1.54) is 5.56 Å². The van der Waals surface area contributed by atoms with E-state index in [1.807, 2.05) is 62.4 Å². The molecule has 1 heterocycles. The van der Waals surface area contributed by atoms with Crippen molar-refractivity contribution in [3.63, 3.8) is 0 Å². The zero-order chi connectivity index (χ0) is 24.7. The Morgan fingerprint density at radius 2 is 1.59 bits per heavy atom. The number of nitrogens with zero attached hydrogens (tertiary/aromatic N) is 1. The lowest BCUT2D eigenvalue weighted by Gasteiger charge is -2.24. The molecule has 0 spiro atoms. The van der Waals surface area contributed by atoms with Gasteiger partial charge in [0, 0.05) is 24.5 Å². The highest BCUT2D eigenvalue weighted by atomic mass is 16.5. The lowest BCUT2D eigenvalue weighted by Crippen LogP contribution is -2.34. The molecule has 2 N–H and O–H groups in total. The maximum atomic E-state index is 13.4. The van der Waals surface area contributed by atoms with Crippen molar-refractivity contribution < 1.29 is 19.1 Å². The zero-order valence-corrected chi connectivity index (χ0v) is 20.5. The predicted molar refractivity (Wildman–Crippen MR) is 133 cm³/mol. The maximum absolute atomic E-state index is 13.4. The van der Waals surface area contributed by atoms with E-state index >= 15 is 0 Å². The van der Waals surface area contributed by atoms with Gasteiger partial charge in [-0.1, -0.05) is 31.2 Å². The Morgan fingerprint density at radius 3 is 2.18 bits per heavy atom. The van der Waals surface area contributed by atoms with Crippen molar-refractivity contribution in [3.05, 3.63) is 82.2 Å². The van der Waals surface area contributed by atoms with Crippen LogP contribution < -0.4 is 10.1 Å². The van der Waals surface area contributed by atoms with Crippen molar-refractivity contribution in [2.75, 3.05) is 19.0 Å². The summed E-state index contributed by atoms with van der Waals surface area (Å²) in [7, 11) is 1.62. The molecular formula is C27H33N3O4. The Morgan fingerprint density at radius 1 is 0.941 bits per heavy atom. The lowest BCUT2D eigenvalue weighted by molar-refractivity contribution is 0.0519. The molecule has 0 bridgehead atoms. The third-order valence-electron chi connectivity index (χ3n) is 5.85. The molecule has 7 nitrogen and oxygen atoms in total. The first-order valence-corrected chi connectivity index (χ1v) is 11.5. The minimum atomic E-state index is -0.392. The highest BCUT2D eigenvalue weighted by Crippen LogP contribution is 2.23. The Hall–Kier alpha value is -3.74. The van der Waals surface area contributed by atoms with Gasteiger partial charge in [-0.2, -0.15) is 0 Å². The van der Waals surface area contributed by atoms with Crippen LogP contribution in [0.25, 0.3) is 0 Å². The van der Waals surface area contributed by atoms with Gasteiger partial charge in [0.05, 0.1) is 13.7 Å². The first kappa shape index (κ1) is 24.9. The van der Waals surface area contributed by atoms with Gasteiger partial charge in [0.1, 0.15) is 11.4 Å². The van der Waals surface area contributed by atoms with Crippen LogP contribution >= 0.6 is 0 Å². The molecule has 0 aliphatic rings. The van der Waals surface area contributed by atoms with Crippen LogP contribution in [0.1, 0.15) is 52.3 Å². The Balaban J connectivity index is 1.87. The summed E-state index contributed by atoms with van der Waals surface area (Å²) in [6.07, 6.45) is 0.937. The Labute approximate surface area is 201 Å². The Bertz CT molecular complexity index is 1120. The number of anilines is 1. The largest absolute Gasteiger partial charge is 0.497 e. The fourth-order valence-corrected chi connectivity index (χ4v) is 3.80. The second-order valence-electron chi connectivity index (χ2n) is 8.13. The Kier molecular flexibility index (Phi) is 8.35. The number of carbonyl (C=O) groups excluding carboxylic acids is 2. The van der Waals surface area contributed by atoms with Crippen molar-refractivity contribution >= 4 is 17.7 Å². The third-order valence-corrected chi connectivity index (χ3v) is 5.85. The van der Waals surface area contributed by atoms with Crippen molar-refractivity contribution in [1.82, 2.24) is 9.88 Å². The molecule has 0 aliphatic heterocycles. The van der Waals surface area contributed by atoms with Gasteiger partial charge in [-0.05, 0) is 73.7 Å².